The van der Waals surface area contributed by atoms with Gasteiger partial charge in [-0.05, 0) is 61.1 Å². The number of rotatable bonds is 8. The van der Waals surface area contributed by atoms with Gasteiger partial charge in [-0.3, -0.25) is 14.3 Å². The van der Waals surface area contributed by atoms with E-state index < -0.39 is 5.41 Å². The average Bonchev–Trinajstić information content (AvgIpc) is 3.52. The summed E-state index contributed by atoms with van der Waals surface area (Å²) >= 11 is 0. The van der Waals surface area contributed by atoms with Gasteiger partial charge < -0.3 is 10.2 Å². The summed E-state index contributed by atoms with van der Waals surface area (Å²) < 4.78 is 2.02. The molecule has 0 radical (unpaired) electrons. The summed E-state index contributed by atoms with van der Waals surface area (Å²) in [6, 6.07) is 13.7. The van der Waals surface area contributed by atoms with Crippen molar-refractivity contribution >= 4 is 23.3 Å². The number of carbonyl (C=O) groups is 2. The fourth-order valence-corrected chi connectivity index (χ4v) is 5.58. The molecule has 3 aromatic rings. The Morgan fingerprint density at radius 2 is 2.03 bits per heavy atom. The summed E-state index contributed by atoms with van der Waals surface area (Å²) in [4.78, 5) is 31.9. The molecule has 8 heteroatoms. The van der Waals surface area contributed by atoms with Crippen LogP contribution in [-0.4, -0.2) is 33.1 Å². The third-order valence-corrected chi connectivity index (χ3v) is 8.08. The first-order valence-electron chi connectivity index (χ1n) is 13.1. The maximum absolute atomic E-state index is 13.1. The van der Waals surface area contributed by atoms with Crippen molar-refractivity contribution in [2.75, 3.05) is 16.8 Å². The highest BCUT2D eigenvalue weighted by Gasteiger charge is 2.56. The average molecular weight is 495 g/mol. The molecule has 3 heterocycles. The van der Waals surface area contributed by atoms with Gasteiger partial charge in [0.05, 0.1) is 18.7 Å². The van der Waals surface area contributed by atoms with E-state index in [1.165, 1.54) is 19.3 Å². The van der Waals surface area contributed by atoms with Gasteiger partial charge in [0.25, 0.3) is 0 Å². The molecule has 2 amide bonds. The van der Waals surface area contributed by atoms with E-state index in [2.05, 4.69) is 27.7 Å². The van der Waals surface area contributed by atoms with Gasteiger partial charge in [-0.1, -0.05) is 30.7 Å². The number of pyridine rings is 1. The van der Waals surface area contributed by atoms with Gasteiger partial charge in [0.15, 0.2) is 0 Å². The van der Waals surface area contributed by atoms with Crippen LogP contribution in [0.25, 0.3) is 11.1 Å². The van der Waals surface area contributed by atoms with Crippen LogP contribution in [-0.2, 0) is 22.6 Å². The van der Waals surface area contributed by atoms with Gasteiger partial charge in [0.1, 0.15) is 11.2 Å². The maximum atomic E-state index is 13.1. The number of anilines is 2. The zero-order valence-electron chi connectivity index (χ0n) is 20.8. The number of nitrogens with zero attached hydrogens (tertiary/aromatic N) is 5. The molecular formula is C29H30N6O2. The molecule has 0 spiro atoms. The number of nitriles is 1. The summed E-state index contributed by atoms with van der Waals surface area (Å²) in [7, 11) is 0. The monoisotopic (exact) mass is 494 g/mol. The lowest BCUT2D eigenvalue weighted by atomic mass is 9.83. The molecule has 1 aromatic carbocycles. The first kappa shape index (κ1) is 23.4. The van der Waals surface area contributed by atoms with E-state index in [1.54, 1.807) is 23.2 Å². The number of amides is 2. The Hall–Kier alpha value is -3.99. The van der Waals surface area contributed by atoms with Crippen LogP contribution < -0.4 is 10.2 Å². The van der Waals surface area contributed by atoms with Gasteiger partial charge in [-0.2, -0.15) is 10.4 Å². The standard InChI is InChI=1S/C29H30N6O2/c30-19-29(24-7-8-24)10-12-35(28(29)37)25-9-11-31-26(15-25)33-27(36)14-21-5-2-6-22(13-21)23-16-32-34(18-23)17-20-3-1-4-20/h2,5-6,9,11,13,15-16,18,20,24H,1,3-4,7-8,10,12,14,17H2,(H,31,33,36)/t29-/m1/s1. The van der Waals surface area contributed by atoms with Crippen LogP contribution in [0.1, 0.15) is 44.1 Å². The van der Waals surface area contributed by atoms with Crippen molar-refractivity contribution in [3.8, 4) is 17.2 Å². The minimum Gasteiger partial charge on any atom is -0.311 e. The Labute approximate surface area is 216 Å². The topological polar surface area (TPSA) is 104 Å². The second kappa shape index (κ2) is 9.47. The molecule has 3 aliphatic rings. The van der Waals surface area contributed by atoms with E-state index in [9.17, 15) is 14.9 Å². The predicted molar refractivity (Wildman–Crippen MR) is 139 cm³/mol. The first-order valence-corrected chi connectivity index (χ1v) is 13.1. The van der Waals surface area contributed by atoms with Crippen molar-refractivity contribution in [3.05, 3.63) is 60.6 Å². The normalized spacial score (nSPS) is 21.5. The van der Waals surface area contributed by atoms with Crippen LogP contribution in [0.4, 0.5) is 11.5 Å². The zero-order chi connectivity index (χ0) is 25.4. The fraction of sp³-hybridized carbons (Fsp3) is 0.414. The first-order chi connectivity index (χ1) is 18.0. The Bertz CT molecular complexity index is 1380. The minimum absolute atomic E-state index is 0.131. The van der Waals surface area contributed by atoms with E-state index >= 15 is 0 Å². The highest BCUT2D eigenvalue weighted by molar-refractivity contribution is 6.02. The van der Waals surface area contributed by atoms with Gasteiger partial charge in [0, 0.05) is 42.8 Å². The smallest absolute Gasteiger partial charge is 0.247 e. The third-order valence-electron chi connectivity index (χ3n) is 8.08. The summed E-state index contributed by atoms with van der Waals surface area (Å²) in [5, 5.41) is 17.1. The Balaban J connectivity index is 1.10. The van der Waals surface area contributed by atoms with Crippen LogP contribution >= 0.6 is 0 Å². The minimum atomic E-state index is -0.897. The molecule has 2 saturated carbocycles. The molecule has 1 aliphatic heterocycles. The molecule has 6 rings (SSSR count). The van der Waals surface area contributed by atoms with Crippen LogP contribution in [0.5, 0.6) is 0 Å². The Morgan fingerprint density at radius 3 is 2.78 bits per heavy atom. The zero-order valence-corrected chi connectivity index (χ0v) is 20.8. The highest BCUT2D eigenvalue weighted by atomic mass is 16.2. The van der Waals surface area contributed by atoms with Crippen LogP contribution in [0, 0.1) is 28.6 Å². The van der Waals surface area contributed by atoms with Crippen LogP contribution in [0.2, 0.25) is 0 Å². The molecule has 188 valence electrons. The van der Waals surface area contributed by atoms with Crippen molar-refractivity contribution < 1.29 is 9.59 Å². The number of aromatic nitrogens is 3. The molecule has 3 fully saturated rings. The van der Waals surface area contributed by atoms with Gasteiger partial charge >= 0.3 is 0 Å². The lowest BCUT2D eigenvalue weighted by Crippen LogP contribution is -2.35. The van der Waals surface area contributed by atoms with E-state index in [4.69, 9.17) is 0 Å². The number of carbonyl (C=O) groups excluding carboxylic acids is 2. The number of hydrogen-bond donors (Lipinski definition) is 1. The molecule has 1 atom stereocenters. The van der Waals surface area contributed by atoms with Gasteiger partial charge in [-0.25, -0.2) is 4.98 Å². The second-order valence-electron chi connectivity index (χ2n) is 10.6. The van der Waals surface area contributed by atoms with Gasteiger partial charge in [-0.15, -0.1) is 0 Å². The van der Waals surface area contributed by atoms with Crippen LogP contribution in [0.3, 0.4) is 0 Å². The number of benzene rings is 1. The predicted octanol–water partition coefficient (Wildman–Crippen LogP) is 4.58. The molecule has 2 aromatic heterocycles. The Kier molecular flexibility index (Phi) is 5.99. The lowest BCUT2D eigenvalue weighted by Gasteiger charge is -2.24. The van der Waals surface area contributed by atoms with E-state index in [0.717, 1.165) is 42.0 Å². The fourth-order valence-electron chi connectivity index (χ4n) is 5.58. The molecule has 0 bridgehead atoms. The largest absolute Gasteiger partial charge is 0.311 e. The summed E-state index contributed by atoms with van der Waals surface area (Å²) in [5.41, 5.74) is 2.75. The van der Waals surface area contributed by atoms with Gasteiger partial charge in [0.2, 0.25) is 11.8 Å². The third kappa shape index (κ3) is 4.62. The van der Waals surface area contributed by atoms with E-state index in [1.807, 2.05) is 35.1 Å². The SMILES string of the molecule is N#C[C@@]1(C2CC2)CCN(c2ccnc(NC(=O)Cc3cccc(-c4cnn(CC5CCC5)c4)c3)c2)C1=O. The molecular weight excluding hydrogens is 464 g/mol. The lowest BCUT2D eigenvalue weighted by molar-refractivity contribution is -0.123. The van der Waals surface area contributed by atoms with Crippen LogP contribution in [0.15, 0.2) is 55.0 Å². The van der Waals surface area contributed by atoms with Crippen molar-refractivity contribution in [1.29, 1.82) is 5.26 Å². The Morgan fingerprint density at radius 1 is 1.16 bits per heavy atom. The van der Waals surface area contributed by atoms with Crippen molar-refractivity contribution in [3.63, 3.8) is 0 Å². The molecule has 1 N–H and O–H groups in total. The highest BCUT2D eigenvalue weighted by Crippen LogP contribution is 2.51. The van der Waals surface area contributed by atoms with E-state index in [0.29, 0.717) is 24.5 Å². The van der Waals surface area contributed by atoms with Crippen molar-refractivity contribution in [1.82, 2.24) is 14.8 Å². The number of nitrogens with one attached hydrogen (secondary N) is 1. The summed E-state index contributed by atoms with van der Waals surface area (Å²) in [5.74, 6) is 0.993. The molecule has 2 aliphatic carbocycles. The summed E-state index contributed by atoms with van der Waals surface area (Å²) in [6.07, 6.45) is 12.1. The second-order valence-corrected chi connectivity index (χ2v) is 10.6. The quantitative estimate of drug-likeness (QED) is 0.494. The van der Waals surface area contributed by atoms with Crippen molar-refractivity contribution in [2.45, 2.75) is 51.5 Å². The summed E-state index contributed by atoms with van der Waals surface area (Å²) in [6.45, 7) is 1.47. The molecule has 1 saturated heterocycles. The molecule has 8 nitrogen and oxygen atoms in total. The number of hydrogen-bond acceptors (Lipinski definition) is 5. The maximum Gasteiger partial charge on any atom is 0.247 e. The van der Waals surface area contributed by atoms with Crippen molar-refractivity contribution in [2.24, 2.45) is 17.3 Å². The molecule has 0 unspecified atom stereocenters. The van der Waals surface area contributed by atoms with E-state index in [-0.39, 0.29) is 24.2 Å². The molecule has 37 heavy (non-hydrogen) atoms.